The highest BCUT2D eigenvalue weighted by atomic mass is 16.5. The SMILES string of the molecule is CC[C@H](C(=O)Nc1c(C)noc1C)n1ccc(C(=O)Nc2c(C)noc2C)n1. The Morgan fingerprint density at radius 1 is 1.04 bits per heavy atom. The summed E-state index contributed by atoms with van der Waals surface area (Å²) in [6.45, 7) is 8.78. The van der Waals surface area contributed by atoms with Gasteiger partial charge in [-0.3, -0.25) is 14.3 Å². The molecule has 148 valence electrons. The fourth-order valence-electron chi connectivity index (χ4n) is 2.83. The molecular weight excluding hydrogens is 364 g/mol. The van der Waals surface area contributed by atoms with Gasteiger partial charge in [-0.25, -0.2) is 0 Å². The minimum Gasteiger partial charge on any atom is -0.359 e. The number of carbonyl (C=O) groups is 2. The van der Waals surface area contributed by atoms with Gasteiger partial charge in [0, 0.05) is 6.20 Å². The van der Waals surface area contributed by atoms with Crippen LogP contribution >= 0.6 is 0 Å². The van der Waals surface area contributed by atoms with Gasteiger partial charge in [0.25, 0.3) is 5.91 Å². The first-order valence-electron chi connectivity index (χ1n) is 8.84. The van der Waals surface area contributed by atoms with E-state index in [2.05, 4.69) is 26.0 Å². The van der Waals surface area contributed by atoms with Gasteiger partial charge in [-0.15, -0.1) is 0 Å². The number of carbonyl (C=O) groups excluding carboxylic acids is 2. The maximum atomic E-state index is 12.7. The maximum absolute atomic E-state index is 12.7. The predicted molar refractivity (Wildman–Crippen MR) is 100 cm³/mol. The molecule has 0 saturated heterocycles. The summed E-state index contributed by atoms with van der Waals surface area (Å²) >= 11 is 0. The highest BCUT2D eigenvalue weighted by Gasteiger charge is 2.24. The first-order chi connectivity index (χ1) is 13.3. The van der Waals surface area contributed by atoms with E-state index >= 15 is 0 Å². The molecule has 2 amide bonds. The second kappa shape index (κ2) is 7.67. The molecule has 3 rings (SSSR count). The molecule has 0 spiro atoms. The molecule has 2 N–H and O–H groups in total. The van der Waals surface area contributed by atoms with Crippen LogP contribution < -0.4 is 10.6 Å². The topological polar surface area (TPSA) is 128 Å². The van der Waals surface area contributed by atoms with Crippen LogP contribution in [-0.4, -0.2) is 31.9 Å². The summed E-state index contributed by atoms with van der Waals surface area (Å²) in [6, 6.07) is 0.966. The van der Waals surface area contributed by atoms with E-state index in [-0.39, 0.29) is 11.6 Å². The molecule has 0 saturated carbocycles. The van der Waals surface area contributed by atoms with Gasteiger partial charge < -0.3 is 19.7 Å². The number of hydrogen-bond donors (Lipinski definition) is 2. The highest BCUT2D eigenvalue weighted by molar-refractivity contribution is 6.03. The molecule has 10 heteroatoms. The molecule has 0 bridgehead atoms. The molecule has 0 radical (unpaired) electrons. The van der Waals surface area contributed by atoms with Crippen LogP contribution in [0.25, 0.3) is 0 Å². The van der Waals surface area contributed by atoms with Crippen molar-refractivity contribution >= 4 is 23.2 Å². The van der Waals surface area contributed by atoms with Crippen molar-refractivity contribution in [3.8, 4) is 0 Å². The van der Waals surface area contributed by atoms with Gasteiger partial charge in [0.2, 0.25) is 5.91 Å². The van der Waals surface area contributed by atoms with Crippen LogP contribution in [0.2, 0.25) is 0 Å². The molecule has 0 fully saturated rings. The van der Waals surface area contributed by atoms with Crippen LogP contribution in [-0.2, 0) is 4.79 Å². The summed E-state index contributed by atoms with van der Waals surface area (Å²) in [5.74, 6) is 0.364. The van der Waals surface area contributed by atoms with Gasteiger partial charge in [-0.2, -0.15) is 5.10 Å². The third-order valence-corrected chi connectivity index (χ3v) is 4.40. The van der Waals surface area contributed by atoms with Crippen LogP contribution in [0, 0.1) is 27.7 Å². The lowest BCUT2D eigenvalue weighted by molar-refractivity contribution is -0.119. The zero-order chi connectivity index (χ0) is 20.4. The molecular formula is C18H22N6O4. The Bertz CT molecular complexity index is 976. The molecule has 0 aliphatic carbocycles. The van der Waals surface area contributed by atoms with E-state index in [1.807, 2.05) is 6.92 Å². The third kappa shape index (κ3) is 3.66. The Morgan fingerprint density at radius 2 is 1.61 bits per heavy atom. The van der Waals surface area contributed by atoms with E-state index < -0.39 is 11.9 Å². The number of aromatic nitrogens is 4. The van der Waals surface area contributed by atoms with Crippen LogP contribution in [0.4, 0.5) is 11.4 Å². The number of rotatable bonds is 6. The highest BCUT2D eigenvalue weighted by Crippen LogP contribution is 2.22. The average molecular weight is 386 g/mol. The summed E-state index contributed by atoms with van der Waals surface area (Å²) in [5, 5.41) is 17.5. The summed E-state index contributed by atoms with van der Waals surface area (Å²) in [5.41, 5.74) is 2.43. The van der Waals surface area contributed by atoms with Gasteiger partial charge in [0.15, 0.2) is 17.2 Å². The number of nitrogens with zero attached hydrogens (tertiary/aromatic N) is 4. The van der Waals surface area contributed by atoms with Crippen molar-refractivity contribution in [2.75, 3.05) is 10.6 Å². The Kier molecular flexibility index (Phi) is 5.30. The minimum atomic E-state index is -0.589. The van der Waals surface area contributed by atoms with Crippen molar-refractivity contribution in [1.29, 1.82) is 0 Å². The van der Waals surface area contributed by atoms with E-state index in [1.165, 1.54) is 4.68 Å². The normalized spacial score (nSPS) is 12.0. The van der Waals surface area contributed by atoms with Crippen molar-refractivity contribution in [2.24, 2.45) is 0 Å². The lowest BCUT2D eigenvalue weighted by Crippen LogP contribution is -2.27. The molecule has 1 atom stereocenters. The Hall–Kier alpha value is -3.43. The Morgan fingerprint density at radius 3 is 2.11 bits per heavy atom. The molecule has 0 aliphatic heterocycles. The van der Waals surface area contributed by atoms with Crippen LogP contribution in [0.5, 0.6) is 0 Å². The van der Waals surface area contributed by atoms with Crippen molar-refractivity contribution in [3.05, 3.63) is 40.9 Å². The number of anilines is 2. The second-order valence-corrected chi connectivity index (χ2v) is 6.45. The first-order valence-corrected chi connectivity index (χ1v) is 8.84. The van der Waals surface area contributed by atoms with Gasteiger partial charge in [0.05, 0.1) is 0 Å². The number of aryl methyl sites for hydroxylation is 4. The number of hydrogen-bond acceptors (Lipinski definition) is 7. The van der Waals surface area contributed by atoms with Crippen LogP contribution in [0.15, 0.2) is 21.3 Å². The third-order valence-electron chi connectivity index (χ3n) is 4.40. The minimum absolute atomic E-state index is 0.184. The quantitative estimate of drug-likeness (QED) is 0.666. The van der Waals surface area contributed by atoms with Crippen molar-refractivity contribution in [2.45, 2.75) is 47.1 Å². The van der Waals surface area contributed by atoms with Crippen molar-refractivity contribution < 1.29 is 18.6 Å². The maximum Gasteiger partial charge on any atom is 0.276 e. The molecule has 0 aliphatic rings. The molecule has 10 nitrogen and oxygen atoms in total. The second-order valence-electron chi connectivity index (χ2n) is 6.45. The summed E-state index contributed by atoms with van der Waals surface area (Å²) in [4.78, 5) is 25.2. The van der Waals surface area contributed by atoms with Crippen LogP contribution in [0.3, 0.4) is 0 Å². The molecule has 0 aromatic carbocycles. The van der Waals surface area contributed by atoms with Crippen molar-refractivity contribution in [3.63, 3.8) is 0 Å². The molecule has 28 heavy (non-hydrogen) atoms. The number of amides is 2. The van der Waals surface area contributed by atoms with Crippen molar-refractivity contribution in [1.82, 2.24) is 20.1 Å². The fraction of sp³-hybridized carbons (Fsp3) is 0.389. The van der Waals surface area contributed by atoms with E-state index in [1.54, 1.807) is 40.0 Å². The zero-order valence-electron chi connectivity index (χ0n) is 16.4. The van der Waals surface area contributed by atoms with Gasteiger partial charge in [-0.05, 0) is 40.2 Å². The standard InChI is InChI=1S/C18H22N6O4/c1-6-14(18(26)20-16-10(3)23-28-12(16)5)24-8-7-13(21-24)17(25)19-15-9(2)22-27-11(15)4/h7-8,14H,6H2,1-5H3,(H,19,25)(H,20,26)/t14-/m1/s1. The van der Waals surface area contributed by atoms with E-state index in [0.717, 1.165) is 0 Å². The molecule has 3 heterocycles. The van der Waals surface area contributed by atoms with Crippen LogP contribution in [0.1, 0.15) is 52.8 Å². The zero-order valence-corrected chi connectivity index (χ0v) is 16.4. The Balaban J connectivity index is 1.75. The van der Waals surface area contributed by atoms with E-state index in [4.69, 9.17) is 9.05 Å². The average Bonchev–Trinajstić information content (AvgIpc) is 3.34. The predicted octanol–water partition coefficient (Wildman–Crippen LogP) is 2.93. The smallest absolute Gasteiger partial charge is 0.276 e. The molecule has 0 unspecified atom stereocenters. The Labute approximate surface area is 161 Å². The van der Waals surface area contributed by atoms with Gasteiger partial charge in [0.1, 0.15) is 28.8 Å². The lowest BCUT2D eigenvalue weighted by Gasteiger charge is -2.15. The monoisotopic (exact) mass is 386 g/mol. The largest absolute Gasteiger partial charge is 0.359 e. The number of nitrogens with one attached hydrogen (secondary N) is 2. The summed E-state index contributed by atoms with van der Waals surface area (Å²) < 4.78 is 11.6. The van der Waals surface area contributed by atoms with Gasteiger partial charge in [-0.1, -0.05) is 17.2 Å². The first kappa shape index (κ1) is 19.3. The fourth-order valence-corrected chi connectivity index (χ4v) is 2.83. The van der Waals surface area contributed by atoms with Gasteiger partial charge >= 0.3 is 0 Å². The molecule has 3 aromatic heterocycles. The lowest BCUT2D eigenvalue weighted by atomic mass is 10.2. The summed E-state index contributed by atoms with van der Waals surface area (Å²) in [6.07, 6.45) is 2.09. The summed E-state index contributed by atoms with van der Waals surface area (Å²) in [7, 11) is 0. The molecule has 3 aromatic rings. The van der Waals surface area contributed by atoms with E-state index in [0.29, 0.717) is 40.7 Å². The van der Waals surface area contributed by atoms with E-state index in [9.17, 15) is 9.59 Å².